The van der Waals surface area contributed by atoms with Crippen molar-refractivity contribution in [1.29, 1.82) is 0 Å². The van der Waals surface area contributed by atoms with Crippen molar-refractivity contribution in [3.8, 4) is 17.1 Å². The van der Waals surface area contributed by atoms with Gasteiger partial charge in [-0.05, 0) is 48.7 Å². The van der Waals surface area contributed by atoms with E-state index in [0.717, 1.165) is 31.5 Å². The summed E-state index contributed by atoms with van der Waals surface area (Å²) in [5.74, 6) is 0.919. The molecule has 4 rings (SSSR count). The second-order valence-corrected chi connectivity index (χ2v) is 7.42. The molecule has 160 valence electrons. The first-order valence-corrected chi connectivity index (χ1v) is 10.5. The highest BCUT2D eigenvalue weighted by molar-refractivity contribution is 5.78. The lowest BCUT2D eigenvalue weighted by Crippen LogP contribution is -2.35. The van der Waals surface area contributed by atoms with Crippen molar-refractivity contribution in [3.05, 3.63) is 65.8 Å². The average Bonchev–Trinajstić information content (AvgIpc) is 3.10. The zero-order chi connectivity index (χ0) is 21.5. The molecule has 1 aliphatic rings. The maximum atomic E-state index is 13.0. The quantitative estimate of drug-likeness (QED) is 0.570. The molecule has 0 N–H and O–H groups in total. The molecule has 0 spiro atoms. The van der Waals surface area contributed by atoms with Gasteiger partial charge in [0.15, 0.2) is 6.61 Å². The summed E-state index contributed by atoms with van der Waals surface area (Å²) in [4.78, 5) is 18.8. The largest absolute Gasteiger partial charge is 0.483 e. The van der Waals surface area contributed by atoms with Crippen LogP contribution in [0.3, 0.4) is 0 Å². The van der Waals surface area contributed by atoms with Gasteiger partial charge in [0.25, 0.3) is 11.8 Å². The number of likely N-dealkylation sites (tertiary alicyclic amines) is 1. The van der Waals surface area contributed by atoms with E-state index in [1.807, 2.05) is 23.1 Å². The third kappa shape index (κ3) is 5.57. The molecule has 1 aliphatic heterocycles. The van der Waals surface area contributed by atoms with E-state index in [1.165, 1.54) is 25.0 Å². The Morgan fingerprint density at radius 2 is 1.77 bits per heavy atom. The first-order valence-electron chi connectivity index (χ1n) is 10.5. The van der Waals surface area contributed by atoms with Gasteiger partial charge in [-0.2, -0.15) is 4.98 Å². The standard InChI is InChI=1S/C24H24FN3O3/c25-19-12-9-18(10-13-19)11-14-22-26-24(27-31-22)20-7-3-4-8-21(20)30-17-23(29)28-15-5-1-2-6-16-28/h3-4,7-14H,1-2,5-6,15-17H2. The van der Waals surface area contributed by atoms with Crippen molar-refractivity contribution < 1.29 is 18.4 Å². The van der Waals surface area contributed by atoms with Gasteiger partial charge in [-0.15, -0.1) is 0 Å². The maximum Gasteiger partial charge on any atom is 0.260 e. The summed E-state index contributed by atoms with van der Waals surface area (Å²) in [6.45, 7) is 1.56. The SMILES string of the molecule is O=C(COc1ccccc1-c1noc(C=Cc2ccc(F)cc2)n1)N1CCCCCC1. The summed E-state index contributed by atoms with van der Waals surface area (Å²) >= 11 is 0. The molecule has 1 amide bonds. The van der Waals surface area contributed by atoms with Crippen molar-refractivity contribution in [2.24, 2.45) is 0 Å². The highest BCUT2D eigenvalue weighted by Gasteiger charge is 2.18. The maximum absolute atomic E-state index is 13.0. The van der Waals surface area contributed by atoms with E-state index in [0.29, 0.717) is 23.0 Å². The number of carbonyl (C=O) groups is 1. The first-order chi connectivity index (χ1) is 15.2. The molecule has 3 aromatic rings. The number of aromatic nitrogens is 2. The minimum absolute atomic E-state index is 0.00673. The van der Waals surface area contributed by atoms with Crippen molar-refractivity contribution in [3.63, 3.8) is 0 Å². The Kier molecular flexibility index (Phi) is 6.72. The fraction of sp³-hybridized carbons (Fsp3) is 0.292. The molecule has 0 unspecified atom stereocenters. The molecule has 31 heavy (non-hydrogen) atoms. The number of carbonyl (C=O) groups excluding carboxylic acids is 1. The van der Waals surface area contributed by atoms with E-state index in [2.05, 4.69) is 10.1 Å². The van der Waals surface area contributed by atoms with Crippen LogP contribution in [0, 0.1) is 5.82 Å². The second kappa shape index (κ2) is 10.0. The molecule has 6 nitrogen and oxygen atoms in total. The highest BCUT2D eigenvalue weighted by atomic mass is 19.1. The predicted octanol–water partition coefficient (Wildman–Crippen LogP) is 4.83. The second-order valence-electron chi connectivity index (χ2n) is 7.42. The molecule has 0 aliphatic carbocycles. The summed E-state index contributed by atoms with van der Waals surface area (Å²) in [5, 5.41) is 4.03. The van der Waals surface area contributed by atoms with Gasteiger partial charge >= 0.3 is 0 Å². The monoisotopic (exact) mass is 421 g/mol. The van der Waals surface area contributed by atoms with Crippen LogP contribution in [0.15, 0.2) is 53.1 Å². The van der Waals surface area contributed by atoms with Crippen LogP contribution in [-0.4, -0.2) is 40.6 Å². The normalized spacial score (nSPS) is 14.5. The third-order valence-electron chi connectivity index (χ3n) is 5.17. The summed E-state index contributed by atoms with van der Waals surface area (Å²) in [5.41, 5.74) is 1.47. The highest BCUT2D eigenvalue weighted by Crippen LogP contribution is 2.28. The fourth-order valence-electron chi connectivity index (χ4n) is 3.48. The summed E-state index contributed by atoms with van der Waals surface area (Å²) in [6.07, 6.45) is 7.85. The number of hydrogen-bond donors (Lipinski definition) is 0. The van der Waals surface area contributed by atoms with Crippen molar-refractivity contribution in [2.75, 3.05) is 19.7 Å². The number of halogens is 1. The van der Waals surface area contributed by atoms with Gasteiger partial charge in [0.05, 0.1) is 5.56 Å². The number of para-hydroxylation sites is 1. The number of rotatable bonds is 6. The molecule has 0 saturated carbocycles. The number of benzene rings is 2. The third-order valence-corrected chi connectivity index (χ3v) is 5.17. The summed E-state index contributed by atoms with van der Waals surface area (Å²) in [7, 11) is 0. The van der Waals surface area contributed by atoms with Crippen LogP contribution in [0.1, 0.15) is 37.1 Å². The lowest BCUT2D eigenvalue weighted by atomic mass is 10.2. The molecule has 1 aromatic heterocycles. The van der Waals surface area contributed by atoms with Crippen molar-refractivity contribution >= 4 is 18.1 Å². The van der Waals surface area contributed by atoms with Gasteiger partial charge in [-0.3, -0.25) is 4.79 Å². The minimum Gasteiger partial charge on any atom is -0.483 e. The van der Waals surface area contributed by atoms with Crippen LogP contribution >= 0.6 is 0 Å². The van der Waals surface area contributed by atoms with Gasteiger partial charge < -0.3 is 14.2 Å². The Morgan fingerprint density at radius 1 is 1.03 bits per heavy atom. The average molecular weight is 421 g/mol. The molecular formula is C24H24FN3O3. The van der Waals surface area contributed by atoms with E-state index in [9.17, 15) is 9.18 Å². The first kappa shape index (κ1) is 20.8. The molecule has 2 heterocycles. The van der Waals surface area contributed by atoms with Gasteiger partial charge in [0.1, 0.15) is 11.6 Å². The van der Waals surface area contributed by atoms with E-state index < -0.39 is 0 Å². The van der Waals surface area contributed by atoms with Crippen LogP contribution in [0.4, 0.5) is 4.39 Å². The molecular weight excluding hydrogens is 397 g/mol. The molecule has 0 bridgehead atoms. The number of ether oxygens (including phenoxy) is 1. The number of amides is 1. The van der Waals surface area contributed by atoms with E-state index in [-0.39, 0.29) is 18.3 Å². The topological polar surface area (TPSA) is 68.5 Å². The Balaban J connectivity index is 1.43. The molecule has 0 radical (unpaired) electrons. The predicted molar refractivity (Wildman–Crippen MR) is 116 cm³/mol. The lowest BCUT2D eigenvalue weighted by Gasteiger charge is -2.20. The Morgan fingerprint density at radius 3 is 2.55 bits per heavy atom. The van der Waals surface area contributed by atoms with Crippen LogP contribution in [0.5, 0.6) is 5.75 Å². The molecule has 1 saturated heterocycles. The van der Waals surface area contributed by atoms with Gasteiger partial charge in [0.2, 0.25) is 5.82 Å². The molecule has 7 heteroatoms. The zero-order valence-corrected chi connectivity index (χ0v) is 17.2. The van der Waals surface area contributed by atoms with Crippen LogP contribution in [0.25, 0.3) is 23.5 Å². The Bertz CT molecular complexity index is 1040. The molecule has 1 fully saturated rings. The number of hydrogen-bond acceptors (Lipinski definition) is 5. The summed E-state index contributed by atoms with van der Waals surface area (Å²) < 4.78 is 24.1. The van der Waals surface area contributed by atoms with Gasteiger partial charge in [0, 0.05) is 19.2 Å². The van der Waals surface area contributed by atoms with Gasteiger partial charge in [-0.25, -0.2) is 4.39 Å². The Hall–Kier alpha value is -3.48. The molecule has 2 aromatic carbocycles. The van der Waals surface area contributed by atoms with E-state index in [1.54, 1.807) is 30.4 Å². The Labute approximate surface area is 180 Å². The van der Waals surface area contributed by atoms with E-state index >= 15 is 0 Å². The lowest BCUT2D eigenvalue weighted by molar-refractivity contribution is -0.133. The van der Waals surface area contributed by atoms with E-state index in [4.69, 9.17) is 9.26 Å². The summed E-state index contributed by atoms with van der Waals surface area (Å²) in [6, 6.07) is 13.4. The zero-order valence-electron chi connectivity index (χ0n) is 17.2. The fourth-order valence-corrected chi connectivity index (χ4v) is 3.48. The van der Waals surface area contributed by atoms with Crippen LogP contribution in [-0.2, 0) is 4.79 Å². The smallest absolute Gasteiger partial charge is 0.260 e. The molecule has 0 atom stereocenters. The minimum atomic E-state index is -0.289. The van der Waals surface area contributed by atoms with Crippen molar-refractivity contribution in [1.82, 2.24) is 15.0 Å². The van der Waals surface area contributed by atoms with Crippen LogP contribution in [0.2, 0.25) is 0 Å². The van der Waals surface area contributed by atoms with Crippen molar-refractivity contribution in [2.45, 2.75) is 25.7 Å². The van der Waals surface area contributed by atoms with Crippen LogP contribution < -0.4 is 4.74 Å². The van der Waals surface area contributed by atoms with Gasteiger partial charge in [-0.1, -0.05) is 42.3 Å². The number of nitrogens with zero attached hydrogens (tertiary/aromatic N) is 3.